The molecule has 4 heterocycles. The third-order valence-corrected chi connectivity index (χ3v) is 12.3. The summed E-state index contributed by atoms with van der Waals surface area (Å²) in [5.74, 6) is -0.779. The SMILES string of the molecule is CC(C)(C)[Si]1(C(C)(C)C)OC[C@H]2O[C@H]3N=C(/C=C/c4ccccc4)[C@H]4C(=O)O[C@@H]([C@@H]2O1)[C@H]43. The van der Waals surface area contributed by atoms with Crippen LogP contribution in [-0.2, 0) is 23.1 Å². The van der Waals surface area contributed by atoms with Crippen LogP contribution in [0.2, 0.25) is 10.1 Å². The second-order valence-electron chi connectivity index (χ2n) is 11.3. The molecule has 0 radical (unpaired) electrons. The molecule has 0 aromatic heterocycles. The van der Waals surface area contributed by atoms with Gasteiger partial charge < -0.3 is 18.3 Å². The van der Waals surface area contributed by atoms with Crippen LogP contribution in [0.4, 0.5) is 0 Å². The van der Waals surface area contributed by atoms with Crippen LogP contribution in [0.25, 0.3) is 6.08 Å². The van der Waals surface area contributed by atoms with Gasteiger partial charge >= 0.3 is 14.5 Å². The first-order valence-corrected chi connectivity index (χ1v) is 13.3. The molecule has 6 atom stereocenters. The van der Waals surface area contributed by atoms with Gasteiger partial charge in [-0.05, 0) is 11.6 Å². The summed E-state index contributed by atoms with van der Waals surface area (Å²) < 4.78 is 25.8. The topological polar surface area (TPSA) is 66.4 Å². The zero-order valence-corrected chi connectivity index (χ0v) is 20.7. The number of esters is 1. The highest BCUT2D eigenvalue weighted by atomic mass is 28.4. The lowest BCUT2D eigenvalue weighted by molar-refractivity contribution is -0.214. The second-order valence-corrected chi connectivity index (χ2v) is 16.1. The average molecular weight is 456 g/mol. The molecule has 3 saturated heterocycles. The first-order chi connectivity index (χ1) is 15.0. The molecular formula is C25H33NO5Si. The van der Waals surface area contributed by atoms with Gasteiger partial charge in [0.05, 0.1) is 18.2 Å². The maximum Gasteiger partial charge on any atom is 0.349 e. The molecule has 6 nitrogen and oxygen atoms in total. The zero-order chi connectivity index (χ0) is 22.9. The predicted octanol–water partition coefficient (Wildman–Crippen LogP) is 4.49. The van der Waals surface area contributed by atoms with Gasteiger partial charge in [-0.25, -0.2) is 0 Å². The van der Waals surface area contributed by atoms with Gasteiger partial charge in [-0.15, -0.1) is 0 Å². The summed E-state index contributed by atoms with van der Waals surface area (Å²) in [5.41, 5.74) is 1.79. The summed E-state index contributed by atoms with van der Waals surface area (Å²) in [6, 6.07) is 10.00. The average Bonchev–Trinajstić information content (AvgIpc) is 3.26. The van der Waals surface area contributed by atoms with Crippen LogP contribution < -0.4 is 0 Å². The van der Waals surface area contributed by atoms with E-state index < -0.39 is 20.7 Å². The molecule has 3 fully saturated rings. The van der Waals surface area contributed by atoms with E-state index in [4.69, 9.17) is 23.3 Å². The molecule has 0 aliphatic carbocycles. The monoisotopic (exact) mass is 455 g/mol. The van der Waals surface area contributed by atoms with E-state index >= 15 is 0 Å². The molecule has 172 valence electrons. The van der Waals surface area contributed by atoms with Crippen LogP contribution in [0.15, 0.2) is 41.4 Å². The summed E-state index contributed by atoms with van der Waals surface area (Å²) in [7, 11) is -2.70. The van der Waals surface area contributed by atoms with E-state index in [-0.39, 0.29) is 40.3 Å². The van der Waals surface area contributed by atoms with E-state index in [0.717, 1.165) is 11.3 Å². The third kappa shape index (κ3) is 3.24. The Labute approximate surface area is 191 Å². The van der Waals surface area contributed by atoms with Crippen molar-refractivity contribution in [3.05, 3.63) is 42.0 Å². The lowest BCUT2D eigenvalue weighted by Crippen LogP contribution is -2.69. The fourth-order valence-corrected chi connectivity index (χ4v) is 10.9. The van der Waals surface area contributed by atoms with Crippen molar-refractivity contribution in [1.82, 2.24) is 0 Å². The summed E-state index contributed by atoms with van der Waals surface area (Å²) in [6.07, 6.45) is 2.54. The molecular weight excluding hydrogens is 422 g/mol. The van der Waals surface area contributed by atoms with Crippen LogP contribution >= 0.6 is 0 Å². The molecule has 1 aromatic carbocycles. The smallest absolute Gasteiger partial charge is 0.349 e. The minimum Gasteiger partial charge on any atom is -0.459 e. The summed E-state index contributed by atoms with van der Waals surface area (Å²) in [4.78, 5) is 17.8. The standard InChI is InChI=1S/C25H33NO5Si/c1-24(2,3)32(25(4,5)6)28-14-17-20(31-32)21-19-18(23(27)30-21)16(26-22(19)29-17)13-12-15-10-8-7-9-11-15/h7-13,17-22H,14H2,1-6H3/b13-12+/t17-,18-,19+,20-,21-,22-/m1/s1. The molecule has 0 spiro atoms. The van der Waals surface area contributed by atoms with E-state index in [1.165, 1.54) is 0 Å². The third-order valence-electron chi connectivity index (χ3n) is 7.17. The van der Waals surface area contributed by atoms with Gasteiger partial charge in [0.15, 0.2) is 6.23 Å². The number of hydrogen-bond donors (Lipinski definition) is 0. The van der Waals surface area contributed by atoms with Crippen molar-refractivity contribution in [3.8, 4) is 0 Å². The van der Waals surface area contributed by atoms with Crippen molar-refractivity contribution in [3.63, 3.8) is 0 Å². The number of aliphatic imine (C=N–C) groups is 1. The van der Waals surface area contributed by atoms with Crippen LogP contribution in [0, 0.1) is 11.8 Å². The number of rotatable bonds is 2. The molecule has 0 N–H and O–H groups in total. The largest absolute Gasteiger partial charge is 0.459 e. The molecule has 4 aliphatic rings. The molecule has 1 aromatic rings. The molecule has 0 bridgehead atoms. The fourth-order valence-electron chi connectivity index (χ4n) is 5.97. The van der Waals surface area contributed by atoms with Crippen LogP contribution in [-0.4, -0.2) is 51.4 Å². The van der Waals surface area contributed by atoms with Crippen LogP contribution in [0.1, 0.15) is 47.1 Å². The minimum absolute atomic E-state index is 0.148. The van der Waals surface area contributed by atoms with E-state index in [0.29, 0.717) is 6.61 Å². The predicted molar refractivity (Wildman–Crippen MR) is 124 cm³/mol. The number of fused-ring (bicyclic) bond motifs is 2. The first kappa shape index (κ1) is 22.0. The van der Waals surface area contributed by atoms with Gasteiger partial charge in [-0.2, -0.15) is 0 Å². The van der Waals surface area contributed by atoms with Crippen molar-refractivity contribution >= 4 is 26.3 Å². The molecule has 32 heavy (non-hydrogen) atoms. The van der Waals surface area contributed by atoms with Crippen molar-refractivity contribution < 1.29 is 23.1 Å². The maximum absolute atomic E-state index is 13.0. The van der Waals surface area contributed by atoms with E-state index in [2.05, 4.69) is 41.5 Å². The van der Waals surface area contributed by atoms with Crippen molar-refractivity contribution in [2.24, 2.45) is 16.8 Å². The molecule has 5 rings (SSSR count). The molecule has 0 unspecified atom stereocenters. The van der Waals surface area contributed by atoms with Crippen molar-refractivity contribution in [2.75, 3.05) is 6.61 Å². The molecule has 0 saturated carbocycles. The van der Waals surface area contributed by atoms with Gasteiger partial charge in [0, 0.05) is 10.1 Å². The van der Waals surface area contributed by atoms with E-state index in [1.54, 1.807) is 0 Å². The number of benzene rings is 1. The van der Waals surface area contributed by atoms with Gasteiger partial charge in [0.1, 0.15) is 24.2 Å². The van der Waals surface area contributed by atoms with Crippen molar-refractivity contribution in [2.45, 2.75) is 76.2 Å². The Morgan fingerprint density at radius 2 is 1.69 bits per heavy atom. The normalized spacial score (nSPS) is 35.9. The summed E-state index contributed by atoms with van der Waals surface area (Å²) in [6.45, 7) is 13.6. The highest BCUT2D eigenvalue weighted by Crippen LogP contribution is 2.57. The Kier molecular flexibility index (Phi) is 5.06. The Hall–Kier alpha value is -1.80. The summed E-state index contributed by atoms with van der Waals surface area (Å²) in [5, 5.41) is -0.296. The Bertz CT molecular complexity index is 947. The van der Waals surface area contributed by atoms with Gasteiger partial charge in [-0.3, -0.25) is 9.79 Å². The molecule has 7 heteroatoms. The maximum atomic E-state index is 13.0. The molecule has 4 aliphatic heterocycles. The number of nitrogens with zero attached hydrogens (tertiary/aromatic N) is 1. The van der Waals surface area contributed by atoms with E-state index in [1.807, 2.05) is 42.5 Å². The Morgan fingerprint density at radius 1 is 1.00 bits per heavy atom. The Balaban J connectivity index is 1.44. The van der Waals surface area contributed by atoms with Crippen LogP contribution in [0.3, 0.4) is 0 Å². The number of allylic oxidation sites excluding steroid dienone is 1. The lowest BCUT2D eigenvalue weighted by Gasteiger charge is -2.56. The second kappa shape index (κ2) is 7.35. The van der Waals surface area contributed by atoms with E-state index in [9.17, 15) is 4.79 Å². The first-order valence-electron chi connectivity index (χ1n) is 11.5. The fraction of sp³-hybridized carbons (Fsp3) is 0.600. The summed E-state index contributed by atoms with van der Waals surface area (Å²) >= 11 is 0. The highest BCUT2D eigenvalue weighted by molar-refractivity contribution is 6.73. The molecule has 0 amide bonds. The quantitative estimate of drug-likeness (QED) is 0.485. The number of ether oxygens (including phenoxy) is 2. The van der Waals surface area contributed by atoms with Crippen molar-refractivity contribution in [1.29, 1.82) is 0 Å². The van der Waals surface area contributed by atoms with Crippen LogP contribution in [0.5, 0.6) is 0 Å². The van der Waals surface area contributed by atoms with Gasteiger partial charge in [0.2, 0.25) is 0 Å². The number of hydrogen-bond acceptors (Lipinski definition) is 6. The number of carbonyl (C=O) groups excluding carboxylic acids is 1. The lowest BCUT2D eigenvalue weighted by atomic mass is 9.83. The van der Waals surface area contributed by atoms with Gasteiger partial charge in [-0.1, -0.05) is 78.0 Å². The minimum atomic E-state index is -2.70. The van der Waals surface area contributed by atoms with Gasteiger partial charge in [0.25, 0.3) is 0 Å². The number of carbonyl (C=O) groups is 1. The Morgan fingerprint density at radius 3 is 2.34 bits per heavy atom. The highest BCUT2D eigenvalue weighted by Gasteiger charge is 2.68. The zero-order valence-electron chi connectivity index (χ0n) is 19.7.